The molecular weight excluding hydrogens is 524 g/mol. The van der Waals surface area contributed by atoms with Gasteiger partial charge in [-0.3, -0.25) is 9.69 Å². The normalized spacial score (nSPS) is 24.9. The zero-order valence-corrected chi connectivity index (χ0v) is 24.8. The Hall–Kier alpha value is -3.38. The van der Waals surface area contributed by atoms with E-state index >= 15 is 0 Å². The SMILES string of the molecule is COc1cc(-c2ccc([C@@H]3CCc4ccc(C(C5CC5)[C@H](C)C(=O)O)cc4O3)cc2CN2C3CCCC2CC3)ccn1. The van der Waals surface area contributed by atoms with Crippen LogP contribution in [0, 0.1) is 11.8 Å². The van der Waals surface area contributed by atoms with Gasteiger partial charge in [0.05, 0.1) is 13.0 Å². The van der Waals surface area contributed by atoms with Gasteiger partial charge in [-0.15, -0.1) is 0 Å². The van der Waals surface area contributed by atoms with Gasteiger partial charge in [-0.05, 0) is 109 Å². The Labute approximate surface area is 249 Å². The van der Waals surface area contributed by atoms with E-state index in [2.05, 4.69) is 52.3 Å². The van der Waals surface area contributed by atoms with Crippen LogP contribution in [0.1, 0.15) is 92.6 Å². The number of fused-ring (bicyclic) bond motifs is 3. The number of piperidine rings is 1. The van der Waals surface area contributed by atoms with Crippen molar-refractivity contribution in [3.63, 3.8) is 0 Å². The van der Waals surface area contributed by atoms with Gasteiger partial charge in [-0.2, -0.15) is 0 Å². The number of carboxylic acid groups (broad SMARTS) is 1. The number of aliphatic carboxylic acids is 1. The summed E-state index contributed by atoms with van der Waals surface area (Å²) in [6.07, 6.45) is 12.5. The lowest BCUT2D eigenvalue weighted by atomic mass is 9.82. The molecule has 0 amide bonds. The lowest BCUT2D eigenvalue weighted by Crippen LogP contribution is -2.39. The lowest BCUT2D eigenvalue weighted by molar-refractivity contribution is -0.142. The molecule has 1 saturated carbocycles. The zero-order chi connectivity index (χ0) is 28.8. The third kappa shape index (κ3) is 5.30. The molecule has 4 aliphatic rings. The summed E-state index contributed by atoms with van der Waals surface area (Å²) in [7, 11) is 1.67. The fourth-order valence-corrected chi connectivity index (χ4v) is 8.00. The second kappa shape index (κ2) is 11.4. The molecule has 1 aliphatic carbocycles. The molecule has 220 valence electrons. The van der Waals surface area contributed by atoms with Gasteiger partial charge in [0.1, 0.15) is 11.9 Å². The average Bonchev–Trinajstić information content (AvgIpc) is 3.82. The maximum absolute atomic E-state index is 11.9. The van der Waals surface area contributed by atoms with E-state index in [1.807, 2.05) is 19.2 Å². The second-order valence-corrected chi connectivity index (χ2v) is 13.0. The van der Waals surface area contributed by atoms with Gasteiger partial charge in [-0.25, -0.2) is 4.98 Å². The molecule has 2 saturated heterocycles. The lowest BCUT2D eigenvalue weighted by Gasteiger charge is -2.35. The topological polar surface area (TPSA) is 71.9 Å². The van der Waals surface area contributed by atoms with Crippen molar-refractivity contribution in [1.82, 2.24) is 9.88 Å². The number of aromatic nitrogens is 1. The van der Waals surface area contributed by atoms with Gasteiger partial charge in [-0.1, -0.05) is 43.7 Å². The molecule has 6 heteroatoms. The summed E-state index contributed by atoms with van der Waals surface area (Å²) in [6.45, 7) is 2.80. The number of carboxylic acids is 1. The maximum Gasteiger partial charge on any atom is 0.306 e. The highest BCUT2D eigenvalue weighted by atomic mass is 16.5. The number of rotatable bonds is 9. The highest BCUT2D eigenvalue weighted by molar-refractivity contribution is 5.71. The van der Waals surface area contributed by atoms with Crippen LogP contribution in [-0.2, 0) is 17.8 Å². The predicted octanol–water partition coefficient (Wildman–Crippen LogP) is 7.55. The summed E-state index contributed by atoms with van der Waals surface area (Å²) < 4.78 is 12.2. The summed E-state index contributed by atoms with van der Waals surface area (Å²) in [5, 5.41) is 9.79. The fourth-order valence-electron chi connectivity index (χ4n) is 8.00. The van der Waals surface area contributed by atoms with Crippen molar-refractivity contribution in [2.24, 2.45) is 11.8 Å². The van der Waals surface area contributed by atoms with E-state index in [-0.39, 0.29) is 12.0 Å². The van der Waals surface area contributed by atoms with Gasteiger partial charge in [0.25, 0.3) is 0 Å². The fraction of sp³-hybridized carbons (Fsp3) is 0.500. The van der Waals surface area contributed by atoms with Crippen molar-refractivity contribution in [3.05, 3.63) is 77.0 Å². The van der Waals surface area contributed by atoms with Crippen LogP contribution in [-0.4, -0.2) is 40.2 Å². The first-order chi connectivity index (χ1) is 20.5. The Bertz CT molecular complexity index is 1450. The van der Waals surface area contributed by atoms with E-state index in [0.29, 0.717) is 23.9 Å². The first-order valence-electron chi connectivity index (χ1n) is 15.9. The van der Waals surface area contributed by atoms with Crippen molar-refractivity contribution in [3.8, 4) is 22.8 Å². The maximum atomic E-state index is 11.9. The minimum atomic E-state index is -0.718. The molecule has 1 N–H and O–H groups in total. The number of hydrogen-bond donors (Lipinski definition) is 1. The van der Waals surface area contributed by atoms with Crippen LogP contribution in [0.25, 0.3) is 11.1 Å². The van der Waals surface area contributed by atoms with Crippen LogP contribution in [0.3, 0.4) is 0 Å². The molecule has 3 aromatic rings. The first-order valence-corrected chi connectivity index (χ1v) is 15.9. The Kier molecular flexibility index (Phi) is 7.43. The Morgan fingerprint density at radius 2 is 1.83 bits per heavy atom. The van der Waals surface area contributed by atoms with E-state index < -0.39 is 11.9 Å². The molecule has 4 heterocycles. The van der Waals surface area contributed by atoms with Crippen LogP contribution in [0.15, 0.2) is 54.7 Å². The number of nitrogens with zero attached hydrogens (tertiary/aromatic N) is 2. The van der Waals surface area contributed by atoms with E-state index in [1.165, 1.54) is 54.4 Å². The number of benzene rings is 2. The average molecular weight is 567 g/mol. The monoisotopic (exact) mass is 566 g/mol. The molecule has 2 aromatic carbocycles. The standard InChI is InChI=1S/C36H42N2O4/c1-22(36(39)40)35(24-7-8-24)27-9-6-23-11-15-32(42-33(23)19-27)26-10-14-31(25-16-17-37-34(20-25)41-2)28(18-26)21-38-29-4-3-5-30(38)13-12-29/h6,9-10,14,16-20,22,24,29-30,32,35H,3-5,7-8,11-13,15,21H2,1-2H3,(H,39,40)/t22-,29?,30?,32-,35?/m0/s1. The highest BCUT2D eigenvalue weighted by Crippen LogP contribution is 2.48. The summed E-state index contributed by atoms with van der Waals surface area (Å²) in [6, 6.07) is 18.8. The highest BCUT2D eigenvalue weighted by Gasteiger charge is 2.39. The largest absolute Gasteiger partial charge is 0.485 e. The molecule has 42 heavy (non-hydrogen) atoms. The number of carbonyl (C=O) groups is 1. The number of ether oxygens (including phenoxy) is 2. The Balaban J connectivity index is 1.20. The summed E-state index contributed by atoms with van der Waals surface area (Å²) in [5.74, 6) is 0.934. The van der Waals surface area contributed by atoms with E-state index in [0.717, 1.165) is 49.1 Å². The molecule has 0 spiro atoms. The minimum Gasteiger partial charge on any atom is -0.485 e. The van der Waals surface area contributed by atoms with Gasteiger partial charge < -0.3 is 14.6 Å². The Morgan fingerprint density at radius 3 is 2.57 bits per heavy atom. The molecular formula is C36H42N2O4. The molecule has 2 bridgehead atoms. The quantitative estimate of drug-likeness (QED) is 0.288. The van der Waals surface area contributed by atoms with Gasteiger partial charge in [0, 0.05) is 30.9 Å². The second-order valence-electron chi connectivity index (χ2n) is 13.0. The van der Waals surface area contributed by atoms with Gasteiger partial charge in [0.15, 0.2) is 0 Å². The minimum absolute atomic E-state index is 0.0260. The van der Waals surface area contributed by atoms with Crippen LogP contribution >= 0.6 is 0 Å². The molecule has 3 fully saturated rings. The molecule has 6 nitrogen and oxygen atoms in total. The van der Waals surface area contributed by atoms with E-state index in [1.54, 1.807) is 7.11 Å². The van der Waals surface area contributed by atoms with Crippen molar-refractivity contribution < 1.29 is 19.4 Å². The summed E-state index contributed by atoms with van der Waals surface area (Å²) >= 11 is 0. The third-order valence-corrected chi connectivity index (χ3v) is 10.4. The molecule has 3 unspecified atom stereocenters. The summed E-state index contributed by atoms with van der Waals surface area (Å²) in [5.41, 5.74) is 7.25. The first kappa shape index (κ1) is 27.5. The molecule has 1 aromatic heterocycles. The molecule has 0 radical (unpaired) electrons. The Morgan fingerprint density at radius 1 is 1.02 bits per heavy atom. The molecule has 3 aliphatic heterocycles. The van der Waals surface area contributed by atoms with Crippen LogP contribution < -0.4 is 9.47 Å². The predicted molar refractivity (Wildman–Crippen MR) is 163 cm³/mol. The number of aryl methyl sites for hydroxylation is 1. The van der Waals surface area contributed by atoms with Crippen molar-refractivity contribution >= 4 is 5.97 Å². The number of hydrogen-bond acceptors (Lipinski definition) is 5. The third-order valence-electron chi connectivity index (χ3n) is 10.4. The zero-order valence-electron chi connectivity index (χ0n) is 24.8. The van der Waals surface area contributed by atoms with Gasteiger partial charge in [0.2, 0.25) is 5.88 Å². The van der Waals surface area contributed by atoms with E-state index in [4.69, 9.17) is 9.47 Å². The van der Waals surface area contributed by atoms with Crippen molar-refractivity contribution in [1.29, 1.82) is 0 Å². The molecule has 7 rings (SSSR count). The van der Waals surface area contributed by atoms with Crippen LogP contribution in [0.5, 0.6) is 11.6 Å². The number of methoxy groups -OCH3 is 1. The summed E-state index contributed by atoms with van der Waals surface area (Å²) in [4.78, 5) is 19.0. The number of pyridine rings is 1. The van der Waals surface area contributed by atoms with Crippen LogP contribution in [0.2, 0.25) is 0 Å². The van der Waals surface area contributed by atoms with E-state index in [9.17, 15) is 9.90 Å². The van der Waals surface area contributed by atoms with Crippen molar-refractivity contribution in [2.75, 3.05) is 7.11 Å². The van der Waals surface area contributed by atoms with Crippen molar-refractivity contribution in [2.45, 2.75) is 95.4 Å². The smallest absolute Gasteiger partial charge is 0.306 e. The molecule has 5 atom stereocenters. The van der Waals surface area contributed by atoms with Crippen LogP contribution in [0.4, 0.5) is 0 Å². The van der Waals surface area contributed by atoms with Gasteiger partial charge >= 0.3 is 5.97 Å².